The molecule has 2 aromatic carbocycles. The van der Waals surface area contributed by atoms with Gasteiger partial charge in [-0.15, -0.1) is 0 Å². The molecule has 4 rings (SSSR count). The second-order valence-corrected chi connectivity index (χ2v) is 7.33. The van der Waals surface area contributed by atoms with Crippen LogP contribution in [0.5, 0.6) is 5.75 Å². The molecule has 0 aliphatic carbocycles. The smallest absolute Gasteiger partial charge is 0.252 e. The topological polar surface area (TPSA) is 64.1 Å². The average molecular weight is 418 g/mol. The van der Waals surface area contributed by atoms with Crippen LogP contribution in [0.1, 0.15) is 28.9 Å². The van der Waals surface area contributed by atoms with E-state index < -0.39 is 0 Å². The molecular formula is C24H20ClN3O2. The SMILES string of the molecule is COc1ccccc1-c1cc(C(=O)N[C@H](C)c2ccncc2)c2cc(Cl)ccc2n1. The van der Waals surface area contributed by atoms with Gasteiger partial charge in [0, 0.05) is 28.4 Å². The van der Waals surface area contributed by atoms with Crippen molar-refractivity contribution in [1.29, 1.82) is 0 Å². The van der Waals surface area contributed by atoms with Crippen LogP contribution in [0.2, 0.25) is 5.02 Å². The Balaban J connectivity index is 1.81. The minimum atomic E-state index is -0.204. The molecule has 1 amide bonds. The number of benzene rings is 2. The quantitative estimate of drug-likeness (QED) is 0.469. The van der Waals surface area contributed by atoms with E-state index in [4.69, 9.17) is 21.3 Å². The van der Waals surface area contributed by atoms with Gasteiger partial charge >= 0.3 is 0 Å². The average Bonchev–Trinajstić information content (AvgIpc) is 2.78. The molecule has 6 heteroatoms. The van der Waals surface area contributed by atoms with Gasteiger partial charge in [-0.1, -0.05) is 23.7 Å². The van der Waals surface area contributed by atoms with Crippen molar-refractivity contribution in [2.45, 2.75) is 13.0 Å². The first-order chi connectivity index (χ1) is 14.6. The van der Waals surface area contributed by atoms with Gasteiger partial charge in [-0.25, -0.2) is 4.98 Å². The lowest BCUT2D eigenvalue weighted by atomic mass is 10.0. The summed E-state index contributed by atoms with van der Waals surface area (Å²) in [5.41, 5.74) is 3.63. The highest BCUT2D eigenvalue weighted by atomic mass is 35.5. The summed E-state index contributed by atoms with van der Waals surface area (Å²) in [5, 5.41) is 4.30. The highest BCUT2D eigenvalue weighted by Crippen LogP contribution is 2.32. The highest BCUT2D eigenvalue weighted by molar-refractivity contribution is 6.31. The zero-order valence-electron chi connectivity index (χ0n) is 16.6. The fraction of sp³-hybridized carbons (Fsp3) is 0.125. The number of ether oxygens (including phenoxy) is 1. The number of methoxy groups -OCH3 is 1. The van der Waals surface area contributed by atoms with E-state index in [1.54, 1.807) is 37.7 Å². The number of carbonyl (C=O) groups is 1. The molecule has 0 fully saturated rings. The first-order valence-corrected chi connectivity index (χ1v) is 9.89. The summed E-state index contributed by atoms with van der Waals surface area (Å²) >= 11 is 6.21. The molecule has 0 radical (unpaired) electrons. The molecule has 1 atom stereocenters. The van der Waals surface area contributed by atoms with Crippen molar-refractivity contribution >= 4 is 28.4 Å². The molecular weight excluding hydrogens is 398 g/mol. The monoisotopic (exact) mass is 417 g/mol. The maximum absolute atomic E-state index is 13.3. The Morgan fingerprint density at radius 2 is 1.83 bits per heavy atom. The molecule has 0 aliphatic rings. The van der Waals surface area contributed by atoms with Crippen molar-refractivity contribution in [2.75, 3.05) is 7.11 Å². The van der Waals surface area contributed by atoms with Gasteiger partial charge < -0.3 is 10.1 Å². The van der Waals surface area contributed by atoms with Crippen LogP contribution in [0.25, 0.3) is 22.2 Å². The molecule has 0 unspecified atom stereocenters. The maximum atomic E-state index is 13.3. The van der Waals surface area contributed by atoms with Crippen LogP contribution in [-0.2, 0) is 0 Å². The molecule has 30 heavy (non-hydrogen) atoms. The lowest BCUT2D eigenvalue weighted by Crippen LogP contribution is -2.27. The van der Waals surface area contributed by atoms with E-state index in [1.165, 1.54) is 0 Å². The molecule has 2 heterocycles. The summed E-state index contributed by atoms with van der Waals surface area (Å²) in [4.78, 5) is 22.0. The molecule has 0 bridgehead atoms. The van der Waals surface area contributed by atoms with E-state index in [0.717, 1.165) is 11.1 Å². The van der Waals surface area contributed by atoms with Crippen molar-refractivity contribution in [3.8, 4) is 17.0 Å². The number of nitrogens with zero attached hydrogens (tertiary/aromatic N) is 2. The van der Waals surface area contributed by atoms with Crippen LogP contribution < -0.4 is 10.1 Å². The third kappa shape index (κ3) is 3.98. The first-order valence-electron chi connectivity index (χ1n) is 9.51. The number of amides is 1. The predicted molar refractivity (Wildman–Crippen MR) is 119 cm³/mol. The van der Waals surface area contributed by atoms with E-state index in [2.05, 4.69) is 10.3 Å². The van der Waals surface area contributed by atoms with Crippen molar-refractivity contribution in [1.82, 2.24) is 15.3 Å². The molecule has 0 saturated carbocycles. The summed E-state index contributed by atoms with van der Waals surface area (Å²) < 4.78 is 5.49. The summed E-state index contributed by atoms with van der Waals surface area (Å²) in [7, 11) is 1.61. The standard InChI is InChI=1S/C24H20ClN3O2/c1-15(16-9-11-26-12-10-16)27-24(29)20-14-22(18-5-3-4-6-23(18)30-2)28-21-8-7-17(25)13-19(20)21/h3-15H,1-2H3,(H,27,29)/t15-/m1/s1. The number of para-hydroxylation sites is 1. The fourth-order valence-corrected chi connectivity index (χ4v) is 3.56. The number of halogens is 1. The molecule has 4 aromatic rings. The third-order valence-corrected chi connectivity index (χ3v) is 5.19. The second kappa shape index (κ2) is 8.51. The number of pyridine rings is 2. The van der Waals surface area contributed by atoms with Gasteiger partial charge in [0.25, 0.3) is 5.91 Å². The van der Waals surface area contributed by atoms with Gasteiger partial charge in [0.1, 0.15) is 5.75 Å². The number of nitrogens with one attached hydrogen (secondary N) is 1. The zero-order chi connectivity index (χ0) is 21.1. The lowest BCUT2D eigenvalue weighted by Gasteiger charge is -2.16. The maximum Gasteiger partial charge on any atom is 0.252 e. The molecule has 2 aromatic heterocycles. The molecule has 5 nitrogen and oxygen atoms in total. The van der Waals surface area contributed by atoms with Crippen molar-refractivity contribution in [3.05, 3.63) is 89.2 Å². The van der Waals surface area contributed by atoms with Crippen molar-refractivity contribution in [3.63, 3.8) is 0 Å². The largest absolute Gasteiger partial charge is 0.496 e. The molecule has 0 aliphatic heterocycles. The summed E-state index contributed by atoms with van der Waals surface area (Å²) in [6, 6.07) is 18.3. The van der Waals surface area contributed by atoms with E-state index in [-0.39, 0.29) is 11.9 Å². The van der Waals surface area contributed by atoms with Gasteiger partial charge in [-0.05, 0) is 61.0 Å². The highest BCUT2D eigenvalue weighted by Gasteiger charge is 2.18. The van der Waals surface area contributed by atoms with E-state index in [9.17, 15) is 4.79 Å². The van der Waals surface area contributed by atoms with E-state index in [1.807, 2.05) is 49.4 Å². The Labute approximate surface area is 179 Å². The number of rotatable bonds is 5. The van der Waals surface area contributed by atoms with Gasteiger partial charge in [-0.3, -0.25) is 9.78 Å². The summed E-state index contributed by atoms with van der Waals surface area (Å²) in [5.74, 6) is 0.486. The Morgan fingerprint density at radius 1 is 1.07 bits per heavy atom. The number of aromatic nitrogens is 2. The summed E-state index contributed by atoms with van der Waals surface area (Å²) in [6.07, 6.45) is 3.42. The van der Waals surface area contributed by atoms with Crippen LogP contribution in [0.4, 0.5) is 0 Å². The van der Waals surface area contributed by atoms with Gasteiger partial charge in [0.2, 0.25) is 0 Å². The normalized spacial score (nSPS) is 11.8. The van der Waals surface area contributed by atoms with Crippen LogP contribution in [0, 0.1) is 0 Å². The first kappa shape index (κ1) is 19.9. The molecule has 0 spiro atoms. The van der Waals surface area contributed by atoms with Crippen molar-refractivity contribution < 1.29 is 9.53 Å². The van der Waals surface area contributed by atoms with E-state index >= 15 is 0 Å². The number of hydrogen-bond donors (Lipinski definition) is 1. The minimum absolute atomic E-state index is 0.183. The Bertz CT molecular complexity index is 1210. The Hall–Kier alpha value is -3.44. The molecule has 150 valence electrons. The van der Waals surface area contributed by atoms with Crippen LogP contribution in [-0.4, -0.2) is 23.0 Å². The van der Waals surface area contributed by atoms with Gasteiger partial charge in [-0.2, -0.15) is 0 Å². The second-order valence-electron chi connectivity index (χ2n) is 6.89. The van der Waals surface area contributed by atoms with Crippen molar-refractivity contribution in [2.24, 2.45) is 0 Å². The van der Waals surface area contributed by atoms with Crippen LogP contribution in [0.3, 0.4) is 0 Å². The van der Waals surface area contributed by atoms with E-state index in [0.29, 0.717) is 32.9 Å². The van der Waals surface area contributed by atoms with Gasteiger partial charge in [0.05, 0.1) is 29.9 Å². The lowest BCUT2D eigenvalue weighted by molar-refractivity contribution is 0.0941. The number of carbonyl (C=O) groups excluding carboxylic acids is 1. The van der Waals surface area contributed by atoms with Crippen LogP contribution >= 0.6 is 11.6 Å². The Morgan fingerprint density at radius 3 is 2.60 bits per heavy atom. The third-order valence-electron chi connectivity index (χ3n) is 4.95. The minimum Gasteiger partial charge on any atom is -0.496 e. The number of fused-ring (bicyclic) bond motifs is 1. The van der Waals surface area contributed by atoms with Crippen LogP contribution in [0.15, 0.2) is 73.1 Å². The van der Waals surface area contributed by atoms with Gasteiger partial charge in [0.15, 0.2) is 0 Å². The molecule has 0 saturated heterocycles. The predicted octanol–water partition coefficient (Wildman–Crippen LogP) is 5.45. The Kier molecular flexibility index (Phi) is 5.63. The zero-order valence-corrected chi connectivity index (χ0v) is 17.4. The molecule has 1 N–H and O–H groups in total. The fourth-order valence-electron chi connectivity index (χ4n) is 3.39. The number of hydrogen-bond acceptors (Lipinski definition) is 4. The summed E-state index contributed by atoms with van der Waals surface area (Å²) in [6.45, 7) is 1.94.